The standard InChI is InChI=1S/C19H20F6N4OS/c1-17(2,3)8-14(30)26-11-4-5-13(28-15(11)18(20,21)22)29-7-6-10-12(9-29)31-16(27-10)19(23,24)25/h4-5H,6-9H2,1-3H3,(H,26,30). The molecule has 0 radical (unpaired) electrons. The first-order valence-electron chi connectivity index (χ1n) is 9.32. The highest BCUT2D eigenvalue weighted by molar-refractivity contribution is 7.11. The molecule has 170 valence electrons. The molecule has 0 aliphatic carbocycles. The first kappa shape index (κ1) is 23.3. The Kier molecular flexibility index (Phi) is 5.98. The van der Waals surface area contributed by atoms with Gasteiger partial charge in [-0.2, -0.15) is 26.3 Å². The summed E-state index contributed by atoms with van der Waals surface area (Å²) in [6.45, 7) is 5.50. The van der Waals surface area contributed by atoms with Crippen LogP contribution in [0.25, 0.3) is 0 Å². The minimum absolute atomic E-state index is 0.0217. The molecule has 0 unspecified atom stereocenters. The summed E-state index contributed by atoms with van der Waals surface area (Å²) in [6.07, 6.45) is -9.21. The van der Waals surface area contributed by atoms with Gasteiger partial charge >= 0.3 is 12.4 Å². The molecule has 31 heavy (non-hydrogen) atoms. The third-order valence-electron chi connectivity index (χ3n) is 4.41. The Bertz CT molecular complexity index is 977. The lowest BCUT2D eigenvalue weighted by Crippen LogP contribution is -2.31. The van der Waals surface area contributed by atoms with Gasteiger partial charge in [-0.1, -0.05) is 20.8 Å². The van der Waals surface area contributed by atoms with Crippen LogP contribution in [0.2, 0.25) is 0 Å². The summed E-state index contributed by atoms with van der Waals surface area (Å²) < 4.78 is 79.5. The molecule has 0 saturated carbocycles. The Balaban J connectivity index is 1.86. The number of alkyl halides is 6. The average molecular weight is 466 g/mol. The predicted molar refractivity (Wildman–Crippen MR) is 104 cm³/mol. The van der Waals surface area contributed by atoms with E-state index in [2.05, 4.69) is 15.3 Å². The number of carbonyl (C=O) groups is 1. The number of nitrogens with one attached hydrogen (secondary N) is 1. The van der Waals surface area contributed by atoms with Crippen LogP contribution in [0.15, 0.2) is 12.1 Å². The fourth-order valence-corrected chi connectivity index (χ4v) is 4.12. The van der Waals surface area contributed by atoms with E-state index < -0.39 is 40.1 Å². The van der Waals surface area contributed by atoms with Crippen LogP contribution >= 0.6 is 11.3 Å². The van der Waals surface area contributed by atoms with Crippen LogP contribution in [0.4, 0.5) is 37.8 Å². The molecule has 0 spiro atoms. The topological polar surface area (TPSA) is 58.1 Å². The second kappa shape index (κ2) is 7.95. The highest BCUT2D eigenvalue weighted by atomic mass is 32.1. The van der Waals surface area contributed by atoms with Crippen molar-refractivity contribution in [2.24, 2.45) is 5.41 Å². The highest BCUT2D eigenvalue weighted by Gasteiger charge is 2.39. The second-order valence-corrected chi connectivity index (χ2v) is 9.49. The van der Waals surface area contributed by atoms with E-state index in [-0.39, 0.29) is 31.7 Å². The van der Waals surface area contributed by atoms with E-state index >= 15 is 0 Å². The number of amides is 1. The molecule has 0 saturated heterocycles. The molecule has 1 N–H and O–H groups in total. The molecule has 0 atom stereocenters. The number of anilines is 2. The zero-order valence-corrected chi connectivity index (χ0v) is 17.7. The molecule has 3 rings (SSSR count). The van der Waals surface area contributed by atoms with Gasteiger partial charge in [-0.25, -0.2) is 9.97 Å². The molecule has 2 aromatic heterocycles. The fraction of sp³-hybridized carbons (Fsp3) is 0.526. The number of hydrogen-bond acceptors (Lipinski definition) is 5. The maximum atomic E-state index is 13.6. The highest BCUT2D eigenvalue weighted by Crippen LogP contribution is 2.38. The molecule has 1 amide bonds. The quantitative estimate of drug-likeness (QED) is 0.606. The number of halogens is 6. The number of rotatable bonds is 3. The van der Waals surface area contributed by atoms with E-state index in [1.807, 2.05) is 0 Å². The van der Waals surface area contributed by atoms with E-state index in [1.165, 1.54) is 11.0 Å². The van der Waals surface area contributed by atoms with Crippen molar-refractivity contribution < 1.29 is 31.1 Å². The van der Waals surface area contributed by atoms with Gasteiger partial charge in [0.2, 0.25) is 5.91 Å². The van der Waals surface area contributed by atoms with E-state index in [0.717, 1.165) is 6.07 Å². The minimum atomic E-state index is -4.82. The van der Waals surface area contributed by atoms with Gasteiger partial charge in [0.15, 0.2) is 10.7 Å². The van der Waals surface area contributed by atoms with Crippen molar-refractivity contribution in [1.29, 1.82) is 0 Å². The van der Waals surface area contributed by atoms with Crippen molar-refractivity contribution in [3.8, 4) is 0 Å². The molecule has 0 bridgehead atoms. The van der Waals surface area contributed by atoms with Gasteiger partial charge in [-0.05, 0) is 17.5 Å². The monoisotopic (exact) mass is 466 g/mol. The molecule has 5 nitrogen and oxygen atoms in total. The number of carbonyl (C=O) groups excluding carboxylic acids is 1. The largest absolute Gasteiger partial charge is 0.443 e. The Hall–Kier alpha value is -2.37. The molecule has 3 heterocycles. The smallest absolute Gasteiger partial charge is 0.351 e. The maximum absolute atomic E-state index is 13.6. The molecule has 1 aliphatic rings. The number of thiazole rings is 1. The number of fused-ring (bicyclic) bond motifs is 1. The van der Waals surface area contributed by atoms with Crippen molar-refractivity contribution >= 4 is 28.7 Å². The first-order valence-corrected chi connectivity index (χ1v) is 10.1. The van der Waals surface area contributed by atoms with Gasteiger partial charge in [0, 0.05) is 24.3 Å². The van der Waals surface area contributed by atoms with Crippen LogP contribution in [0.5, 0.6) is 0 Å². The van der Waals surface area contributed by atoms with Crippen LogP contribution < -0.4 is 10.2 Å². The molecule has 0 aromatic carbocycles. The molecular formula is C19H20F6N4OS. The number of nitrogens with zero attached hydrogens (tertiary/aromatic N) is 3. The van der Waals surface area contributed by atoms with Crippen LogP contribution in [0.3, 0.4) is 0 Å². The van der Waals surface area contributed by atoms with Crippen LogP contribution in [0.1, 0.15) is 48.5 Å². The summed E-state index contributed by atoms with van der Waals surface area (Å²) in [5, 5.41) is 1.29. The average Bonchev–Trinajstić information content (AvgIpc) is 3.03. The zero-order chi connectivity index (χ0) is 23.2. The molecular weight excluding hydrogens is 446 g/mol. The Labute approximate surface area is 178 Å². The lowest BCUT2D eigenvalue weighted by Gasteiger charge is -2.28. The van der Waals surface area contributed by atoms with Crippen molar-refractivity contribution in [1.82, 2.24) is 9.97 Å². The first-order chi connectivity index (χ1) is 14.1. The van der Waals surface area contributed by atoms with Gasteiger partial charge in [-0.3, -0.25) is 4.79 Å². The van der Waals surface area contributed by atoms with E-state index in [9.17, 15) is 31.1 Å². The van der Waals surface area contributed by atoms with Crippen LogP contribution in [0, 0.1) is 5.41 Å². The van der Waals surface area contributed by atoms with Gasteiger partial charge in [0.1, 0.15) is 5.82 Å². The Morgan fingerprint density at radius 3 is 2.35 bits per heavy atom. The van der Waals surface area contributed by atoms with E-state index in [1.54, 1.807) is 20.8 Å². The summed E-state index contributed by atoms with van der Waals surface area (Å²) in [7, 11) is 0. The van der Waals surface area contributed by atoms with Crippen molar-refractivity contribution in [2.75, 3.05) is 16.8 Å². The van der Waals surface area contributed by atoms with Gasteiger partial charge < -0.3 is 10.2 Å². The number of hydrogen-bond donors (Lipinski definition) is 1. The van der Waals surface area contributed by atoms with Crippen molar-refractivity contribution in [2.45, 2.75) is 52.5 Å². The predicted octanol–water partition coefficient (Wildman–Crippen LogP) is 5.51. The molecule has 0 fully saturated rings. The lowest BCUT2D eigenvalue weighted by atomic mass is 9.92. The fourth-order valence-electron chi connectivity index (χ4n) is 3.13. The minimum Gasteiger partial charge on any atom is -0.351 e. The van der Waals surface area contributed by atoms with Crippen LogP contribution in [-0.2, 0) is 30.1 Å². The maximum Gasteiger partial charge on any atom is 0.443 e. The molecule has 1 aliphatic heterocycles. The normalized spacial score (nSPS) is 15.1. The van der Waals surface area contributed by atoms with Gasteiger partial charge in [-0.15, -0.1) is 11.3 Å². The van der Waals surface area contributed by atoms with E-state index in [4.69, 9.17) is 0 Å². The van der Waals surface area contributed by atoms with Gasteiger partial charge in [0.05, 0.1) is 17.9 Å². The summed E-state index contributed by atoms with van der Waals surface area (Å²) in [6, 6.07) is 2.44. The Morgan fingerprint density at radius 2 is 1.77 bits per heavy atom. The van der Waals surface area contributed by atoms with Crippen molar-refractivity contribution in [3.63, 3.8) is 0 Å². The number of aromatic nitrogens is 2. The third kappa shape index (κ3) is 5.66. The summed E-state index contributed by atoms with van der Waals surface area (Å²) in [5.74, 6) is -0.603. The lowest BCUT2D eigenvalue weighted by molar-refractivity contribution is -0.140. The molecule has 2 aromatic rings. The third-order valence-corrected chi connectivity index (χ3v) is 5.54. The zero-order valence-electron chi connectivity index (χ0n) is 16.9. The Morgan fingerprint density at radius 1 is 1.10 bits per heavy atom. The van der Waals surface area contributed by atoms with Gasteiger partial charge in [0.25, 0.3) is 0 Å². The summed E-state index contributed by atoms with van der Waals surface area (Å²) >= 11 is 0.482. The summed E-state index contributed by atoms with van der Waals surface area (Å²) in [4.78, 5) is 21.2. The SMILES string of the molecule is CC(C)(C)CC(=O)Nc1ccc(N2CCc3nc(C(F)(F)F)sc3C2)nc1C(F)(F)F. The second-order valence-electron chi connectivity index (χ2n) is 8.41. The van der Waals surface area contributed by atoms with Crippen molar-refractivity contribution in [3.05, 3.63) is 33.4 Å². The van der Waals surface area contributed by atoms with Crippen LogP contribution in [-0.4, -0.2) is 22.4 Å². The number of pyridine rings is 1. The summed E-state index contributed by atoms with van der Waals surface area (Å²) in [5.41, 5.74) is -1.82. The van der Waals surface area contributed by atoms with E-state index in [0.29, 0.717) is 21.9 Å². The molecule has 12 heteroatoms.